The van der Waals surface area contributed by atoms with Gasteiger partial charge in [-0.2, -0.15) is 5.10 Å². The van der Waals surface area contributed by atoms with Gasteiger partial charge in [-0.25, -0.2) is 14.6 Å². The molecule has 1 saturated heterocycles. The third kappa shape index (κ3) is 4.03. The van der Waals surface area contributed by atoms with Crippen LogP contribution in [-0.2, 0) is 22.7 Å². The van der Waals surface area contributed by atoms with Gasteiger partial charge < -0.3 is 5.32 Å². The van der Waals surface area contributed by atoms with Crippen molar-refractivity contribution in [2.24, 2.45) is 0 Å². The molecule has 9 heteroatoms. The van der Waals surface area contributed by atoms with Gasteiger partial charge in [0.25, 0.3) is 5.91 Å². The van der Waals surface area contributed by atoms with Gasteiger partial charge in [-0.15, -0.1) is 0 Å². The quantitative estimate of drug-likeness (QED) is 0.634. The van der Waals surface area contributed by atoms with Crippen LogP contribution in [0, 0.1) is 0 Å². The molecule has 0 atom stereocenters. The number of nitrogens with one attached hydrogen (secondary N) is 1. The summed E-state index contributed by atoms with van der Waals surface area (Å²) in [5.41, 5.74) is 2.08. The Kier molecular flexibility index (Phi) is 5.10. The van der Waals surface area contributed by atoms with Crippen LogP contribution in [0.15, 0.2) is 55.2 Å². The molecule has 3 amide bonds. The van der Waals surface area contributed by atoms with Crippen molar-refractivity contribution in [3.63, 3.8) is 0 Å². The van der Waals surface area contributed by atoms with Crippen LogP contribution in [0.1, 0.15) is 34.3 Å². The highest BCUT2D eigenvalue weighted by Crippen LogP contribution is 2.16. The average Bonchev–Trinajstić information content (AvgIpc) is 3.39. The molecule has 1 aliphatic heterocycles. The summed E-state index contributed by atoms with van der Waals surface area (Å²) in [5.74, 6) is 0.0480. The Morgan fingerprint density at radius 2 is 1.83 bits per heavy atom. The zero-order valence-corrected chi connectivity index (χ0v) is 15.5. The van der Waals surface area contributed by atoms with Gasteiger partial charge in [-0.05, 0) is 23.8 Å². The summed E-state index contributed by atoms with van der Waals surface area (Å²) in [4.78, 5) is 45.4. The maximum atomic E-state index is 12.5. The zero-order valence-electron chi connectivity index (χ0n) is 15.5. The summed E-state index contributed by atoms with van der Waals surface area (Å²) < 4.78 is 1.54. The summed E-state index contributed by atoms with van der Waals surface area (Å²) in [6.45, 7) is 0.511. The van der Waals surface area contributed by atoms with Gasteiger partial charge >= 0.3 is 0 Å². The molecule has 9 nitrogen and oxygen atoms in total. The molecule has 146 valence electrons. The second-order valence-corrected chi connectivity index (χ2v) is 6.58. The standard InChI is InChI=1S/C20H18N6O3/c27-17-7-8-18(28)25(17)11-14-3-5-15(6-4-14)20(29)23-10-16-2-1-9-22-19(16)26-13-21-12-24-26/h1-6,9,12-13H,7-8,10-11H2,(H,23,29). The Morgan fingerprint density at radius 3 is 2.52 bits per heavy atom. The Hall–Kier alpha value is -3.88. The minimum atomic E-state index is -0.238. The number of likely N-dealkylation sites (tertiary alicyclic amines) is 1. The number of amides is 3. The molecule has 1 N–H and O–H groups in total. The lowest BCUT2D eigenvalue weighted by atomic mass is 10.1. The summed E-state index contributed by atoms with van der Waals surface area (Å²) in [5, 5.41) is 6.94. The second kappa shape index (κ2) is 8.01. The van der Waals surface area contributed by atoms with Gasteiger partial charge in [0, 0.05) is 36.7 Å². The van der Waals surface area contributed by atoms with E-state index in [1.54, 1.807) is 42.9 Å². The third-order valence-electron chi connectivity index (χ3n) is 4.65. The number of pyridine rings is 1. The highest BCUT2D eigenvalue weighted by atomic mass is 16.2. The number of hydrogen-bond acceptors (Lipinski definition) is 6. The molecule has 2 aromatic heterocycles. The van der Waals surface area contributed by atoms with E-state index in [1.807, 2.05) is 6.07 Å². The first-order valence-electron chi connectivity index (χ1n) is 9.11. The summed E-state index contributed by atoms with van der Waals surface area (Å²) in [6.07, 6.45) is 5.15. The fourth-order valence-corrected chi connectivity index (χ4v) is 3.11. The van der Waals surface area contributed by atoms with Crippen molar-refractivity contribution in [3.05, 3.63) is 71.9 Å². The van der Waals surface area contributed by atoms with Crippen molar-refractivity contribution in [1.82, 2.24) is 30.0 Å². The van der Waals surface area contributed by atoms with Crippen LogP contribution in [0.3, 0.4) is 0 Å². The van der Waals surface area contributed by atoms with Crippen LogP contribution in [-0.4, -0.2) is 42.4 Å². The molecule has 4 rings (SSSR count). The number of aromatic nitrogens is 4. The highest BCUT2D eigenvalue weighted by molar-refractivity contribution is 6.01. The van der Waals surface area contributed by atoms with Crippen LogP contribution in [0.25, 0.3) is 5.82 Å². The van der Waals surface area contributed by atoms with Gasteiger partial charge in [-0.1, -0.05) is 18.2 Å². The van der Waals surface area contributed by atoms with E-state index in [2.05, 4.69) is 20.4 Å². The smallest absolute Gasteiger partial charge is 0.251 e. The molecule has 0 spiro atoms. The van der Waals surface area contributed by atoms with Crippen molar-refractivity contribution in [2.75, 3.05) is 0 Å². The topological polar surface area (TPSA) is 110 Å². The molecule has 0 radical (unpaired) electrons. The van der Waals surface area contributed by atoms with E-state index < -0.39 is 0 Å². The average molecular weight is 390 g/mol. The molecule has 3 aromatic rings. The Morgan fingerprint density at radius 1 is 1.07 bits per heavy atom. The van der Waals surface area contributed by atoms with Crippen molar-refractivity contribution in [2.45, 2.75) is 25.9 Å². The molecule has 1 aromatic carbocycles. The van der Waals surface area contributed by atoms with Gasteiger partial charge in [0.05, 0.1) is 6.54 Å². The SMILES string of the molecule is O=C(NCc1cccnc1-n1cncn1)c1ccc(CN2C(=O)CCC2=O)cc1. The minimum Gasteiger partial charge on any atom is -0.348 e. The molecule has 29 heavy (non-hydrogen) atoms. The van der Waals surface area contributed by atoms with Crippen LogP contribution < -0.4 is 5.32 Å². The second-order valence-electron chi connectivity index (χ2n) is 6.58. The van der Waals surface area contributed by atoms with Crippen LogP contribution in [0.2, 0.25) is 0 Å². The maximum Gasteiger partial charge on any atom is 0.251 e. The molecule has 3 heterocycles. The van der Waals surface area contributed by atoms with E-state index in [9.17, 15) is 14.4 Å². The van der Waals surface area contributed by atoms with Gasteiger partial charge in [-0.3, -0.25) is 19.3 Å². The Bertz CT molecular complexity index is 1030. The van der Waals surface area contributed by atoms with Crippen molar-refractivity contribution >= 4 is 17.7 Å². The van der Waals surface area contributed by atoms with Gasteiger partial charge in [0.15, 0.2) is 5.82 Å². The predicted molar refractivity (Wildman–Crippen MR) is 102 cm³/mol. The fraction of sp³-hybridized carbons (Fsp3) is 0.200. The van der Waals surface area contributed by atoms with E-state index in [0.717, 1.165) is 11.1 Å². The van der Waals surface area contributed by atoms with Crippen molar-refractivity contribution in [1.29, 1.82) is 0 Å². The molecular formula is C20H18N6O3. The number of nitrogens with zero attached hydrogens (tertiary/aromatic N) is 5. The largest absolute Gasteiger partial charge is 0.348 e. The van der Waals surface area contributed by atoms with Crippen LogP contribution in [0.5, 0.6) is 0 Å². The lowest BCUT2D eigenvalue weighted by Crippen LogP contribution is -2.28. The summed E-state index contributed by atoms with van der Waals surface area (Å²) >= 11 is 0. The molecule has 1 fully saturated rings. The zero-order chi connectivity index (χ0) is 20.2. The molecular weight excluding hydrogens is 372 g/mol. The maximum absolute atomic E-state index is 12.5. The lowest BCUT2D eigenvalue weighted by molar-refractivity contribution is -0.139. The van der Waals surface area contributed by atoms with E-state index in [0.29, 0.717) is 11.4 Å². The number of rotatable bonds is 6. The number of carbonyl (C=O) groups excluding carboxylic acids is 3. The fourth-order valence-electron chi connectivity index (χ4n) is 3.11. The van der Waals surface area contributed by atoms with E-state index >= 15 is 0 Å². The Labute approximate surface area is 166 Å². The summed E-state index contributed by atoms with van der Waals surface area (Å²) in [7, 11) is 0. The number of imide groups is 1. The lowest BCUT2D eigenvalue weighted by Gasteiger charge is -2.14. The number of benzene rings is 1. The monoisotopic (exact) mass is 390 g/mol. The predicted octanol–water partition coefficient (Wildman–Crippen LogP) is 1.24. The normalized spacial score (nSPS) is 13.7. The van der Waals surface area contributed by atoms with Crippen LogP contribution >= 0.6 is 0 Å². The molecule has 0 bridgehead atoms. The van der Waals surface area contributed by atoms with E-state index in [4.69, 9.17) is 0 Å². The molecule has 1 aliphatic rings. The van der Waals surface area contributed by atoms with Crippen molar-refractivity contribution < 1.29 is 14.4 Å². The highest BCUT2D eigenvalue weighted by Gasteiger charge is 2.28. The number of hydrogen-bond donors (Lipinski definition) is 1. The molecule has 0 aliphatic carbocycles. The van der Waals surface area contributed by atoms with E-state index in [1.165, 1.54) is 15.9 Å². The first-order valence-corrected chi connectivity index (χ1v) is 9.11. The molecule has 0 saturated carbocycles. The first-order chi connectivity index (χ1) is 14.1. The number of carbonyl (C=O) groups is 3. The van der Waals surface area contributed by atoms with Gasteiger partial charge in [0.2, 0.25) is 11.8 Å². The third-order valence-corrected chi connectivity index (χ3v) is 4.65. The first kappa shape index (κ1) is 18.5. The molecule has 0 unspecified atom stereocenters. The minimum absolute atomic E-state index is 0.156. The van der Waals surface area contributed by atoms with E-state index in [-0.39, 0.29) is 43.7 Å². The van der Waals surface area contributed by atoms with Crippen LogP contribution in [0.4, 0.5) is 0 Å². The summed E-state index contributed by atoms with van der Waals surface area (Å²) in [6, 6.07) is 10.5. The van der Waals surface area contributed by atoms with Gasteiger partial charge in [0.1, 0.15) is 12.7 Å². The Balaban J connectivity index is 1.40. The van der Waals surface area contributed by atoms with Crippen molar-refractivity contribution in [3.8, 4) is 5.82 Å².